The van der Waals surface area contributed by atoms with Crippen LogP contribution in [-0.2, 0) is 14.3 Å². The molecule has 18 heavy (non-hydrogen) atoms. The number of aliphatic carboxylic acids is 1. The average Bonchev–Trinajstić information content (AvgIpc) is 2.34. The van der Waals surface area contributed by atoms with Gasteiger partial charge in [-0.1, -0.05) is 24.8 Å². The van der Waals surface area contributed by atoms with Crippen LogP contribution in [0.2, 0.25) is 0 Å². The first kappa shape index (κ1) is 16.4. The number of aliphatic hydroxyl groups excluding tert-OH is 1. The molecule has 0 radical (unpaired) electrons. The van der Waals surface area contributed by atoms with Gasteiger partial charge in [0.2, 0.25) is 0 Å². The summed E-state index contributed by atoms with van der Waals surface area (Å²) in [5.74, 6) is -1.72. The molecule has 0 saturated heterocycles. The van der Waals surface area contributed by atoms with Gasteiger partial charge in [0, 0.05) is 0 Å². The fraction of sp³-hybridized carbons (Fsp3) is 0.333. The maximum absolute atomic E-state index is 11.5. The van der Waals surface area contributed by atoms with E-state index in [2.05, 4.69) is 6.58 Å². The highest BCUT2D eigenvalue weighted by atomic mass is 35.5. The van der Waals surface area contributed by atoms with Crippen molar-refractivity contribution < 1.29 is 24.5 Å². The normalized spacial score (nSPS) is 13.3. The van der Waals surface area contributed by atoms with Gasteiger partial charge in [0.1, 0.15) is 12.7 Å². The Hall–Kier alpha value is -1.59. The minimum Gasteiger partial charge on any atom is -0.481 e. The number of carboxylic acid groups (broad SMARTS) is 1. The molecule has 0 fully saturated rings. The van der Waals surface area contributed by atoms with E-state index in [0.29, 0.717) is 0 Å². The second kappa shape index (κ2) is 9.44. The van der Waals surface area contributed by atoms with Crippen LogP contribution in [0.1, 0.15) is 6.42 Å². The number of rotatable bonds is 8. The van der Waals surface area contributed by atoms with E-state index in [4.69, 9.17) is 26.6 Å². The fourth-order valence-corrected chi connectivity index (χ4v) is 0.994. The molecule has 0 amide bonds. The number of hydrogen-bond acceptors (Lipinski definition) is 4. The number of carbonyl (C=O) groups excluding carboxylic acids is 1. The molecule has 100 valence electrons. The summed E-state index contributed by atoms with van der Waals surface area (Å²) in [7, 11) is 0. The second-order valence-electron chi connectivity index (χ2n) is 3.26. The van der Waals surface area contributed by atoms with Gasteiger partial charge in [-0.3, -0.25) is 4.79 Å². The summed E-state index contributed by atoms with van der Waals surface area (Å²) in [5, 5.41) is 17.6. The first-order chi connectivity index (χ1) is 8.51. The summed E-state index contributed by atoms with van der Waals surface area (Å²) in [4.78, 5) is 21.8. The monoisotopic (exact) mass is 274 g/mol. The number of aliphatic hydroxyl groups is 1. The number of halogens is 1. The predicted molar refractivity (Wildman–Crippen MR) is 67.4 cm³/mol. The molecule has 1 unspecified atom stereocenters. The number of allylic oxidation sites excluding steroid dienone is 2. The third-order valence-corrected chi connectivity index (χ3v) is 2.06. The summed E-state index contributed by atoms with van der Waals surface area (Å²) in [6, 6.07) is 0. The van der Waals surface area contributed by atoms with Gasteiger partial charge in [0.05, 0.1) is 17.9 Å². The molecular formula is C12H15ClO5. The topological polar surface area (TPSA) is 83.8 Å². The zero-order valence-corrected chi connectivity index (χ0v) is 10.5. The Bertz CT molecular complexity index is 359. The number of esters is 1. The van der Waals surface area contributed by atoms with Crippen LogP contribution in [0.4, 0.5) is 0 Å². The van der Waals surface area contributed by atoms with Crippen LogP contribution < -0.4 is 0 Å². The lowest BCUT2D eigenvalue weighted by molar-refractivity contribution is -0.141. The zero-order chi connectivity index (χ0) is 14.0. The molecule has 0 aromatic heterocycles. The summed E-state index contributed by atoms with van der Waals surface area (Å²) >= 11 is 5.34. The molecule has 0 rings (SSSR count). The van der Waals surface area contributed by atoms with Gasteiger partial charge in [-0.05, 0) is 6.08 Å². The van der Waals surface area contributed by atoms with Crippen molar-refractivity contribution in [3.63, 3.8) is 0 Å². The molecule has 0 aromatic rings. The lowest BCUT2D eigenvalue weighted by Crippen LogP contribution is -2.20. The van der Waals surface area contributed by atoms with E-state index < -0.39 is 18.0 Å². The molecule has 0 spiro atoms. The van der Waals surface area contributed by atoms with Gasteiger partial charge in [-0.25, -0.2) is 4.79 Å². The molecule has 0 aliphatic carbocycles. The van der Waals surface area contributed by atoms with E-state index >= 15 is 0 Å². The SMILES string of the molecule is C=CC=C(C=CCC(=O)O)C(=O)OCC(O)CCl. The summed E-state index contributed by atoms with van der Waals surface area (Å²) in [5.41, 5.74) is 0.146. The zero-order valence-electron chi connectivity index (χ0n) is 9.71. The highest BCUT2D eigenvalue weighted by Gasteiger charge is 2.10. The minimum atomic E-state index is -1.00. The van der Waals surface area contributed by atoms with Crippen molar-refractivity contribution in [3.8, 4) is 0 Å². The van der Waals surface area contributed by atoms with Crippen molar-refractivity contribution in [1.82, 2.24) is 0 Å². The third-order valence-electron chi connectivity index (χ3n) is 1.71. The van der Waals surface area contributed by atoms with Crippen LogP contribution in [0.25, 0.3) is 0 Å². The fourth-order valence-electron chi connectivity index (χ4n) is 0.905. The Morgan fingerprint density at radius 3 is 2.61 bits per heavy atom. The minimum absolute atomic E-state index is 0.0390. The summed E-state index contributed by atoms with van der Waals surface area (Å²) in [6.45, 7) is 3.21. The van der Waals surface area contributed by atoms with Crippen LogP contribution in [-0.4, -0.2) is 40.7 Å². The lowest BCUT2D eigenvalue weighted by Gasteiger charge is -2.08. The molecule has 0 bridgehead atoms. The van der Waals surface area contributed by atoms with E-state index in [1.807, 2.05) is 0 Å². The largest absolute Gasteiger partial charge is 0.481 e. The van der Waals surface area contributed by atoms with Crippen molar-refractivity contribution in [1.29, 1.82) is 0 Å². The van der Waals surface area contributed by atoms with Crippen LogP contribution in [0.5, 0.6) is 0 Å². The molecular weight excluding hydrogens is 260 g/mol. The smallest absolute Gasteiger partial charge is 0.338 e. The molecule has 0 heterocycles. The van der Waals surface area contributed by atoms with Crippen molar-refractivity contribution in [2.75, 3.05) is 12.5 Å². The summed E-state index contributed by atoms with van der Waals surface area (Å²) in [6.07, 6.45) is 4.27. The van der Waals surface area contributed by atoms with E-state index in [1.54, 1.807) is 0 Å². The van der Waals surface area contributed by atoms with Crippen LogP contribution >= 0.6 is 11.6 Å². The van der Waals surface area contributed by atoms with Gasteiger partial charge in [0.25, 0.3) is 0 Å². The molecule has 1 atom stereocenters. The first-order valence-corrected chi connectivity index (χ1v) is 5.67. The van der Waals surface area contributed by atoms with Gasteiger partial charge < -0.3 is 14.9 Å². The average molecular weight is 275 g/mol. The van der Waals surface area contributed by atoms with Gasteiger partial charge in [-0.15, -0.1) is 11.6 Å². The van der Waals surface area contributed by atoms with E-state index in [1.165, 1.54) is 24.3 Å². The Balaban J connectivity index is 4.46. The Morgan fingerprint density at radius 2 is 2.11 bits per heavy atom. The molecule has 0 aliphatic rings. The molecule has 2 N–H and O–H groups in total. The van der Waals surface area contributed by atoms with Gasteiger partial charge in [-0.2, -0.15) is 0 Å². The maximum atomic E-state index is 11.5. The van der Waals surface area contributed by atoms with Crippen LogP contribution in [0.3, 0.4) is 0 Å². The number of ether oxygens (including phenoxy) is 1. The van der Waals surface area contributed by atoms with Crippen molar-refractivity contribution >= 4 is 23.5 Å². The molecule has 6 heteroatoms. The molecule has 0 saturated carbocycles. The lowest BCUT2D eigenvalue weighted by atomic mass is 10.2. The highest BCUT2D eigenvalue weighted by Crippen LogP contribution is 2.03. The van der Waals surface area contributed by atoms with Gasteiger partial charge in [0.15, 0.2) is 0 Å². The van der Waals surface area contributed by atoms with Crippen LogP contribution in [0.15, 0.2) is 36.5 Å². The van der Waals surface area contributed by atoms with E-state index in [-0.39, 0.29) is 24.5 Å². The quantitative estimate of drug-likeness (QED) is 0.301. The van der Waals surface area contributed by atoms with Crippen molar-refractivity contribution in [3.05, 3.63) is 36.5 Å². The molecule has 0 aliphatic heterocycles. The summed E-state index contributed by atoms with van der Waals surface area (Å²) < 4.78 is 4.78. The van der Waals surface area contributed by atoms with E-state index in [0.717, 1.165) is 0 Å². The molecule has 5 nitrogen and oxygen atoms in total. The van der Waals surface area contributed by atoms with Crippen LogP contribution in [0, 0.1) is 0 Å². The number of carboxylic acids is 1. The Labute approximate surface area is 110 Å². The van der Waals surface area contributed by atoms with Crippen molar-refractivity contribution in [2.45, 2.75) is 12.5 Å². The second-order valence-corrected chi connectivity index (χ2v) is 3.57. The van der Waals surface area contributed by atoms with Gasteiger partial charge >= 0.3 is 11.9 Å². The Morgan fingerprint density at radius 1 is 1.44 bits per heavy atom. The maximum Gasteiger partial charge on any atom is 0.338 e. The predicted octanol–water partition coefficient (Wildman–Crippen LogP) is 1.27. The number of alkyl halides is 1. The number of carbonyl (C=O) groups is 2. The first-order valence-electron chi connectivity index (χ1n) is 5.13. The van der Waals surface area contributed by atoms with E-state index in [9.17, 15) is 9.59 Å². The number of hydrogen-bond donors (Lipinski definition) is 2. The highest BCUT2D eigenvalue weighted by molar-refractivity contribution is 6.18. The molecule has 0 aromatic carbocycles. The third kappa shape index (κ3) is 7.65. The van der Waals surface area contributed by atoms with Crippen molar-refractivity contribution in [2.24, 2.45) is 0 Å². The standard InChI is InChI=1S/C12H15ClO5/c1-2-4-9(5-3-6-11(15)16)12(17)18-8-10(14)7-13/h2-5,10,14H,1,6-8H2,(H,15,16). The Kier molecular flexibility index (Phi) is 8.61.